The monoisotopic (exact) mass is 246 g/mol. The average Bonchev–Trinajstić information content (AvgIpc) is 2.23. The molecule has 0 unspecified atom stereocenters. The van der Waals surface area contributed by atoms with E-state index < -0.39 is 0 Å². The van der Waals surface area contributed by atoms with Crippen molar-refractivity contribution in [1.82, 2.24) is 5.32 Å². The van der Waals surface area contributed by atoms with Crippen molar-refractivity contribution in [2.24, 2.45) is 5.73 Å². The largest absolute Gasteiger partial charge is 0.351 e. The van der Waals surface area contributed by atoms with Crippen molar-refractivity contribution in [3.8, 4) is 0 Å². The molecule has 1 amide bonds. The second-order valence-corrected chi connectivity index (χ2v) is 4.63. The van der Waals surface area contributed by atoms with Crippen molar-refractivity contribution in [2.45, 2.75) is 52.4 Å². The Balaban J connectivity index is 3.79. The maximum absolute atomic E-state index is 11.5. The molecule has 0 saturated carbocycles. The Morgan fingerprint density at radius 1 is 1.29 bits per heavy atom. The Morgan fingerprint density at radius 2 is 1.82 bits per heavy atom. The molecular weight excluding hydrogens is 220 g/mol. The lowest BCUT2D eigenvalue weighted by Crippen LogP contribution is -2.38. The van der Waals surface area contributed by atoms with Gasteiger partial charge in [-0.1, -0.05) is 0 Å². The van der Waals surface area contributed by atoms with Crippen LogP contribution >= 0.6 is 0 Å². The van der Waals surface area contributed by atoms with Crippen LogP contribution in [-0.2, 0) is 14.3 Å². The van der Waals surface area contributed by atoms with Gasteiger partial charge in [0.2, 0.25) is 5.91 Å². The van der Waals surface area contributed by atoms with E-state index in [2.05, 4.69) is 5.32 Å². The lowest BCUT2D eigenvalue weighted by molar-refractivity contribution is -0.140. The molecule has 0 rings (SSSR count). The van der Waals surface area contributed by atoms with E-state index in [4.69, 9.17) is 15.2 Å². The molecule has 5 nitrogen and oxygen atoms in total. The van der Waals surface area contributed by atoms with Crippen molar-refractivity contribution >= 4 is 5.91 Å². The van der Waals surface area contributed by atoms with Crippen LogP contribution in [0.1, 0.15) is 40.5 Å². The molecule has 0 spiro atoms. The molecule has 0 heterocycles. The molecule has 0 saturated heterocycles. The van der Waals surface area contributed by atoms with Crippen LogP contribution in [0.4, 0.5) is 0 Å². The summed E-state index contributed by atoms with van der Waals surface area (Å²) in [6.45, 7) is 9.11. The van der Waals surface area contributed by atoms with Gasteiger partial charge in [-0.25, -0.2) is 0 Å². The third-order valence-electron chi connectivity index (χ3n) is 2.17. The number of hydrogen-bond donors (Lipinski definition) is 2. The zero-order chi connectivity index (χ0) is 13.3. The van der Waals surface area contributed by atoms with Crippen LogP contribution in [0.5, 0.6) is 0 Å². The zero-order valence-electron chi connectivity index (χ0n) is 11.4. The summed E-state index contributed by atoms with van der Waals surface area (Å²) in [6.07, 6.45) is 0.723. The predicted molar refractivity (Wildman–Crippen MR) is 67.6 cm³/mol. The van der Waals surface area contributed by atoms with Gasteiger partial charge in [0.15, 0.2) is 6.29 Å². The van der Waals surface area contributed by atoms with E-state index in [1.54, 1.807) is 0 Å². The molecule has 0 aliphatic rings. The third-order valence-corrected chi connectivity index (χ3v) is 2.17. The summed E-state index contributed by atoms with van der Waals surface area (Å²) < 4.78 is 10.6. The molecule has 17 heavy (non-hydrogen) atoms. The first-order chi connectivity index (χ1) is 7.89. The summed E-state index contributed by atoms with van der Waals surface area (Å²) in [5, 5.41) is 2.78. The summed E-state index contributed by atoms with van der Waals surface area (Å²) in [5.41, 5.74) is 5.50. The van der Waals surface area contributed by atoms with Gasteiger partial charge in [-0.2, -0.15) is 0 Å². The van der Waals surface area contributed by atoms with Crippen LogP contribution in [-0.4, -0.2) is 37.5 Å². The van der Waals surface area contributed by atoms with Gasteiger partial charge in [0.25, 0.3) is 0 Å². The topological polar surface area (TPSA) is 73.6 Å². The summed E-state index contributed by atoms with van der Waals surface area (Å²) in [5.74, 6) is -0.0204. The van der Waals surface area contributed by atoms with Crippen molar-refractivity contribution in [3.05, 3.63) is 0 Å². The van der Waals surface area contributed by atoms with Gasteiger partial charge >= 0.3 is 0 Å². The van der Waals surface area contributed by atoms with E-state index in [0.717, 1.165) is 0 Å². The van der Waals surface area contributed by atoms with Crippen molar-refractivity contribution in [1.29, 1.82) is 0 Å². The molecular formula is C12H26N2O3. The van der Waals surface area contributed by atoms with E-state index in [0.29, 0.717) is 32.6 Å². The Hall–Kier alpha value is -0.650. The molecule has 0 bridgehead atoms. The third kappa shape index (κ3) is 10.2. The molecule has 0 aliphatic heterocycles. The second-order valence-electron chi connectivity index (χ2n) is 4.63. The van der Waals surface area contributed by atoms with Gasteiger partial charge in [-0.3, -0.25) is 4.79 Å². The fraction of sp³-hybridized carbons (Fsp3) is 0.917. The van der Waals surface area contributed by atoms with Crippen LogP contribution in [0.25, 0.3) is 0 Å². The number of hydrogen-bond acceptors (Lipinski definition) is 4. The fourth-order valence-electron chi connectivity index (χ4n) is 1.26. The molecule has 0 aromatic rings. The van der Waals surface area contributed by atoms with Crippen molar-refractivity contribution < 1.29 is 14.3 Å². The van der Waals surface area contributed by atoms with Gasteiger partial charge in [-0.05, 0) is 34.1 Å². The Morgan fingerprint density at radius 3 is 2.24 bits per heavy atom. The Kier molecular flexibility index (Phi) is 8.12. The number of carbonyl (C=O) groups is 1. The molecule has 0 atom stereocenters. The number of ether oxygens (including phenoxy) is 2. The molecule has 0 radical (unpaired) electrons. The van der Waals surface area contributed by atoms with Gasteiger partial charge in [0.1, 0.15) is 0 Å². The van der Waals surface area contributed by atoms with E-state index >= 15 is 0 Å². The van der Waals surface area contributed by atoms with Crippen molar-refractivity contribution in [3.63, 3.8) is 0 Å². The van der Waals surface area contributed by atoms with Crippen LogP contribution in [0.15, 0.2) is 0 Å². The molecule has 0 aromatic carbocycles. The minimum Gasteiger partial charge on any atom is -0.351 e. The van der Waals surface area contributed by atoms with Crippen LogP contribution < -0.4 is 11.1 Å². The smallest absolute Gasteiger partial charge is 0.220 e. The van der Waals surface area contributed by atoms with E-state index in [9.17, 15) is 4.79 Å². The quantitative estimate of drug-likeness (QED) is 0.596. The first kappa shape index (κ1) is 16.4. The summed E-state index contributed by atoms with van der Waals surface area (Å²) >= 11 is 0. The summed E-state index contributed by atoms with van der Waals surface area (Å²) in [4.78, 5) is 11.5. The number of carbonyl (C=O) groups excluding carboxylic acids is 1. The lowest BCUT2D eigenvalue weighted by atomic mass is 10.00. The summed E-state index contributed by atoms with van der Waals surface area (Å²) in [6, 6.07) is 0. The average molecular weight is 246 g/mol. The Labute approximate surface area is 104 Å². The molecule has 102 valence electrons. The van der Waals surface area contributed by atoms with Gasteiger partial charge < -0.3 is 20.5 Å². The molecule has 0 aliphatic carbocycles. The van der Waals surface area contributed by atoms with Crippen LogP contribution in [0.3, 0.4) is 0 Å². The number of nitrogens with one attached hydrogen (secondary N) is 1. The van der Waals surface area contributed by atoms with E-state index in [1.165, 1.54) is 0 Å². The standard InChI is InChI=1S/C12H26N2O3/c1-5-16-11(17-6-2)9-14-10(15)7-8-12(3,4)13/h11H,5-9,13H2,1-4H3,(H,14,15). The highest BCUT2D eigenvalue weighted by atomic mass is 16.7. The maximum Gasteiger partial charge on any atom is 0.220 e. The minimum atomic E-state index is -0.361. The van der Waals surface area contributed by atoms with Gasteiger partial charge in [0.05, 0.1) is 6.54 Å². The van der Waals surface area contributed by atoms with Crippen molar-refractivity contribution in [2.75, 3.05) is 19.8 Å². The molecule has 3 N–H and O–H groups in total. The molecule has 0 fully saturated rings. The number of rotatable bonds is 9. The van der Waals surface area contributed by atoms with Gasteiger partial charge in [-0.15, -0.1) is 0 Å². The van der Waals surface area contributed by atoms with Crippen LogP contribution in [0, 0.1) is 0 Å². The summed E-state index contributed by atoms with van der Waals surface area (Å²) in [7, 11) is 0. The van der Waals surface area contributed by atoms with E-state index in [-0.39, 0.29) is 17.7 Å². The first-order valence-corrected chi connectivity index (χ1v) is 6.17. The Bertz CT molecular complexity index is 208. The highest BCUT2D eigenvalue weighted by Crippen LogP contribution is 2.06. The van der Waals surface area contributed by atoms with Gasteiger partial charge in [0, 0.05) is 25.2 Å². The molecule has 5 heteroatoms. The first-order valence-electron chi connectivity index (χ1n) is 6.17. The van der Waals surface area contributed by atoms with Crippen LogP contribution in [0.2, 0.25) is 0 Å². The zero-order valence-corrected chi connectivity index (χ0v) is 11.4. The number of amides is 1. The SMILES string of the molecule is CCOC(CNC(=O)CCC(C)(C)N)OCC. The number of nitrogens with two attached hydrogens (primary N) is 1. The highest BCUT2D eigenvalue weighted by molar-refractivity contribution is 5.75. The minimum absolute atomic E-state index is 0.0204. The normalized spacial score (nSPS) is 11.9. The lowest BCUT2D eigenvalue weighted by Gasteiger charge is -2.19. The molecule has 0 aromatic heterocycles. The highest BCUT2D eigenvalue weighted by Gasteiger charge is 2.14. The van der Waals surface area contributed by atoms with E-state index in [1.807, 2.05) is 27.7 Å². The predicted octanol–water partition coefficient (Wildman–Crippen LogP) is 1.02. The fourth-order valence-corrected chi connectivity index (χ4v) is 1.26. The second kappa shape index (κ2) is 8.44. The maximum atomic E-state index is 11.5.